The van der Waals surface area contributed by atoms with Crippen molar-refractivity contribution in [3.05, 3.63) is 48.2 Å². The Morgan fingerprint density at radius 2 is 2.00 bits per heavy atom. The van der Waals surface area contributed by atoms with E-state index in [4.69, 9.17) is 10.5 Å². The number of anilines is 1. The first-order valence-corrected chi connectivity index (χ1v) is 7.94. The highest BCUT2D eigenvalue weighted by Crippen LogP contribution is 2.27. The maximum Gasteiger partial charge on any atom is 0.247 e. The van der Waals surface area contributed by atoms with Gasteiger partial charge in [-0.2, -0.15) is 4.31 Å². The fourth-order valence-corrected chi connectivity index (χ4v) is 3.74. The predicted octanol–water partition coefficient (Wildman–Crippen LogP) is 1.25. The van der Waals surface area contributed by atoms with Crippen molar-refractivity contribution in [1.29, 1.82) is 0 Å². The quantitative estimate of drug-likeness (QED) is 0.902. The number of fused-ring (bicyclic) bond motifs is 1. The summed E-state index contributed by atoms with van der Waals surface area (Å²) in [5.41, 5.74) is 6.53. The maximum absolute atomic E-state index is 12.7. The Kier molecular flexibility index (Phi) is 3.52. The third-order valence-electron chi connectivity index (χ3n) is 3.34. The largest absolute Gasteiger partial charge is 0.492 e. The van der Waals surface area contributed by atoms with Crippen molar-refractivity contribution < 1.29 is 13.2 Å². The van der Waals surface area contributed by atoms with Crippen LogP contribution in [0.4, 0.5) is 5.82 Å². The van der Waals surface area contributed by atoms with E-state index >= 15 is 0 Å². The molecule has 2 aromatic rings. The molecule has 3 rings (SSSR count). The first kappa shape index (κ1) is 13.8. The molecule has 1 aliphatic heterocycles. The van der Waals surface area contributed by atoms with Gasteiger partial charge in [0.25, 0.3) is 0 Å². The molecule has 110 valence electrons. The Hall–Kier alpha value is -2.12. The van der Waals surface area contributed by atoms with E-state index in [0.717, 1.165) is 5.56 Å². The van der Waals surface area contributed by atoms with Crippen LogP contribution >= 0.6 is 0 Å². The van der Waals surface area contributed by atoms with Gasteiger partial charge in [-0.1, -0.05) is 18.2 Å². The molecule has 0 amide bonds. The number of sulfonamides is 1. The molecule has 2 N–H and O–H groups in total. The van der Waals surface area contributed by atoms with Crippen molar-refractivity contribution in [3.8, 4) is 5.75 Å². The molecule has 0 unspecified atom stereocenters. The SMILES string of the molecule is Nc1ncccc1S(=O)(=O)N1CCOc2ccccc2C1. The lowest BCUT2D eigenvalue weighted by molar-refractivity contribution is 0.293. The molecule has 21 heavy (non-hydrogen) atoms. The fraction of sp³-hybridized carbons (Fsp3) is 0.214. The molecular weight excluding hydrogens is 290 g/mol. The summed E-state index contributed by atoms with van der Waals surface area (Å²) in [5.74, 6) is 0.727. The maximum atomic E-state index is 12.7. The van der Waals surface area contributed by atoms with E-state index in [1.165, 1.54) is 16.6 Å². The van der Waals surface area contributed by atoms with E-state index in [1.807, 2.05) is 24.3 Å². The normalized spacial score (nSPS) is 15.8. The van der Waals surface area contributed by atoms with Gasteiger partial charge in [0.2, 0.25) is 10.0 Å². The highest BCUT2D eigenvalue weighted by atomic mass is 32.2. The molecule has 0 saturated heterocycles. The minimum atomic E-state index is -3.69. The lowest BCUT2D eigenvalue weighted by Gasteiger charge is -2.20. The molecule has 0 spiro atoms. The summed E-state index contributed by atoms with van der Waals surface area (Å²) >= 11 is 0. The molecule has 1 aliphatic rings. The minimum absolute atomic E-state index is 0.0101. The number of aromatic nitrogens is 1. The number of benzene rings is 1. The van der Waals surface area contributed by atoms with Crippen molar-refractivity contribution in [2.75, 3.05) is 18.9 Å². The van der Waals surface area contributed by atoms with E-state index < -0.39 is 10.0 Å². The number of ether oxygens (including phenoxy) is 1. The summed E-state index contributed by atoms with van der Waals surface area (Å²) in [6, 6.07) is 10.4. The van der Waals surface area contributed by atoms with Gasteiger partial charge < -0.3 is 10.5 Å². The van der Waals surface area contributed by atoms with E-state index in [9.17, 15) is 8.42 Å². The molecular formula is C14H15N3O3S. The molecule has 2 heterocycles. The number of nitrogen functional groups attached to an aromatic ring is 1. The van der Waals surface area contributed by atoms with Gasteiger partial charge in [0.15, 0.2) is 0 Å². The van der Waals surface area contributed by atoms with Crippen LogP contribution in [0.5, 0.6) is 5.75 Å². The number of pyridine rings is 1. The number of hydrogen-bond acceptors (Lipinski definition) is 5. The van der Waals surface area contributed by atoms with Gasteiger partial charge in [-0.15, -0.1) is 0 Å². The van der Waals surface area contributed by atoms with Crippen LogP contribution < -0.4 is 10.5 Å². The molecule has 1 aromatic heterocycles. The first-order chi connectivity index (χ1) is 10.1. The van der Waals surface area contributed by atoms with Gasteiger partial charge in [-0.05, 0) is 18.2 Å². The van der Waals surface area contributed by atoms with Crippen molar-refractivity contribution in [2.45, 2.75) is 11.4 Å². The Labute approximate surface area is 123 Å². The second kappa shape index (κ2) is 5.34. The topological polar surface area (TPSA) is 85.5 Å². The molecule has 0 atom stereocenters. The van der Waals surface area contributed by atoms with Gasteiger partial charge in [-0.25, -0.2) is 13.4 Å². The van der Waals surface area contributed by atoms with Crippen LogP contribution in [-0.2, 0) is 16.6 Å². The lowest BCUT2D eigenvalue weighted by atomic mass is 10.2. The van der Waals surface area contributed by atoms with E-state index in [0.29, 0.717) is 12.4 Å². The molecule has 0 aliphatic carbocycles. The van der Waals surface area contributed by atoms with Crippen molar-refractivity contribution in [3.63, 3.8) is 0 Å². The first-order valence-electron chi connectivity index (χ1n) is 6.50. The van der Waals surface area contributed by atoms with Gasteiger partial charge in [0.1, 0.15) is 23.1 Å². The van der Waals surface area contributed by atoms with Gasteiger partial charge in [0.05, 0.1) is 0 Å². The van der Waals surface area contributed by atoms with Crippen LogP contribution in [0.15, 0.2) is 47.5 Å². The summed E-state index contributed by atoms with van der Waals surface area (Å²) < 4.78 is 32.4. The Morgan fingerprint density at radius 3 is 2.81 bits per heavy atom. The number of nitrogens with zero attached hydrogens (tertiary/aromatic N) is 2. The van der Waals surface area contributed by atoms with Crippen molar-refractivity contribution in [2.24, 2.45) is 0 Å². The van der Waals surface area contributed by atoms with Crippen molar-refractivity contribution >= 4 is 15.8 Å². The van der Waals surface area contributed by atoms with E-state index in [2.05, 4.69) is 4.98 Å². The third-order valence-corrected chi connectivity index (χ3v) is 5.23. The molecule has 6 nitrogen and oxygen atoms in total. The van der Waals surface area contributed by atoms with Crippen LogP contribution in [0.1, 0.15) is 5.56 Å². The average molecular weight is 305 g/mol. The Balaban J connectivity index is 1.99. The van der Waals surface area contributed by atoms with Crippen molar-refractivity contribution in [1.82, 2.24) is 9.29 Å². The summed E-state index contributed by atoms with van der Waals surface area (Å²) in [6.07, 6.45) is 1.47. The highest BCUT2D eigenvalue weighted by Gasteiger charge is 2.29. The molecule has 0 bridgehead atoms. The van der Waals surface area contributed by atoms with E-state index in [-0.39, 0.29) is 23.8 Å². The average Bonchev–Trinajstić information content (AvgIpc) is 2.70. The Bertz CT molecular complexity index is 762. The van der Waals surface area contributed by atoms with Crippen LogP contribution in [0.25, 0.3) is 0 Å². The summed E-state index contributed by atoms with van der Waals surface area (Å²) in [4.78, 5) is 3.88. The molecule has 1 aromatic carbocycles. The third kappa shape index (κ3) is 2.57. The standard InChI is InChI=1S/C14H15N3O3S/c15-14-13(6-3-7-16-14)21(18,19)17-8-9-20-12-5-2-1-4-11(12)10-17/h1-7H,8-10H2,(H2,15,16). The van der Waals surface area contributed by atoms with Gasteiger partial charge in [0, 0.05) is 24.8 Å². The smallest absolute Gasteiger partial charge is 0.247 e. The monoisotopic (exact) mass is 305 g/mol. The van der Waals surface area contributed by atoms with Crippen LogP contribution in [0, 0.1) is 0 Å². The number of rotatable bonds is 2. The minimum Gasteiger partial charge on any atom is -0.492 e. The summed E-state index contributed by atoms with van der Waals surface area (Å²) in [6.45, 7) is 0.828. The number of hydrogen-bond donors (Lipinski definition) is 1. The fourth-order valence-electron chi connectivity index (χ4n) is 2.27. The van der Waals surface area contributed by atoms with Crippen LogP contribution in [0.2, 0.25) is 0 Å². The number of para-hydroxylation sites is 1. The van der Waals surface area contributed by atoms with Gasteiger partial charge in [-0.3, -0.25) is 0 Å². The zero-order chi connectivity index (χ0) is 14.9. The summed E-state index contributed by atoms with van der Waals surface area (Å²) in [7, 11) is -3.69. The zero-order valence-corrected chi connectivity index (χ0v) is 12.1. The second-order valence-corrected chi connectivity index (χ2v) is 6.59. The molecule has 7 heteroatoms. The highest BCUT2D eigenvalue weighted by molar-refractivity contribution is 7.89. The number of nitrogens with two attached hydrogens (primary N) is 1. The molecule has 0 saturated carbocycles. The second-order valence-electron chi connectivity index (χ2n) is 4.68. The molecule has 0 fully saturated rings. The van der Waals surface area contributed by atoms with Crippen LogP contribution in [0.3, 0.4) is 0 Å². The lowest BCUT2D eigenvalue weighted by Crippen LogP contribution is -2.33. The predicted molar refractivity (Wildman–Crippen MR) is 78.2 cm³/mol. The molecule has 0 radical (unpaired) electrons. The van der Waals surface area contributed by atoms with Crippen LogP contribution in [-0.4, -0.2) is 30.9 Å². The Morgan fingerprint density at radius 1 is 1.19 bits per heavy atom. The van der Waals surface area contributed by atoms with E-state index in [1.54, 1.807) is 6.07 Å². The summed E-state index contributed by atoms with van der Waals surface area (Å²) in [5, 5.41) is 0. The van der Waals surface area contributed by atoms with Gasteiger partial charge >= 0.3 is 0 Å². The zero-order valence-electron chi connectivity index (χ0n) is 11.3.